The summed E-state index contributed by atoms with van der Waals surface area (Å²) in [4.78, 5) is 71.0. The van der Waals surface area contributed by atoms with E-state index in [0.29, 0.717) is 5.69 Å². The van der Waals surface area contributed by atoms with Gasteiger partial charge >= 0.3 is 11.9 Å². The normalized spacial score (nSPS) is 13.9. The van der Waals surface area contributed by atoms with Crippen LogP contribution < -0.4 is 33.2 Å². The molecule has 16 heteroatoms. The maximum absolute atomic E-state index is 13.0. The van der Waals surface area contributed by atoms with Crippen molar-refractivity contribution in [1.29, 1.82) is 0 Å². The quantitative estimate of drug-likeness (QED) is 0.0603. The van der Waals surface area contributed by atoms with Crippen molar-refractivity contribution >= 4 is 35.6 Å². The lowest BCUT2D eigenvalue weighted by Gasteiger charge is -2.24. The standard InChI is InChI=1S/C20H33N9O7/c1-10(21)16(32)27-12(4-5-15(30)31)17(33)29-14(7-11-8-24-9-26-11)18(34)28-13(19(35)36)3-2-6-25-20(22)23/h8-10,12-14H,2-7,21H2,1H3,(H,24,26)(H,27,32)(H,28,34)(H,29,33)(H,30,31)(H,35,36)(H4,22,23,25). The molecule has 1 heterocycles. The maximum atomic E-state index is 13.0. The van der Waals surface area contributed by atoms with Crippen LogP contribution in [0.15, 0.2) is 17.5 Å². The number of aliphatic carboxylic acids is 2. The number of nitrogens with one attached hydrogen (secondary N) is 4. The number of guanidine groups is 1. The van der Waals surface area contributed by atoms with Crippen LogP contribution in [0.3, 0.4) is 0 Å². The van der Waals surface area contributed by atoms with E-state index in [-0.39, 0.29) is 38.2 Å². The van der Waals surface area contributed by atoms with Gasteiger partial charge < -0.3 is 48.3 Å². The van der Waals surface area contributed by atoms with E-state index in [0.717, 1.165) is 0 Å². The van der Waals surface area contributed by atoms with Crippen molar-refractivity contribution in [3.63, 3.8) is 0 Å². The Balaban J connectivity index is 3.02. The molecule has 0 aliphatic heterocycles. The molecule has 4 atom stereocenters. The van der Waals surface area contributed by atoms with Crippen LogP contribution in [0.25, 0.3) is 0 Å². The Kier molecular flexibility index (Phi) is 12.4. The third kappa shape index (κ3) is 11.3. The van der Waals surface area contributed by atoms with Gasteiger partial charge in [0.15, 0.2) is 5.96 Å². The Labute approximate surface area is 206 Å². The van der Waals surface area contributed by atoms with Crippen molar-refractivity contribution in [1.82, 2.24) is 25.9 Å². The van der Waals surface area contributed by atoms with Gasteiger partial charge in [-0.15, -0.1) is 0 Å². The summed E-state index contributed by atoms with van der Waals surface area (Å²) in [5, 5.41) is 25.7. The fourth-order valence-corrected chi connectivity index (χ4v) is 2.97. The number of carbonyl (C=O) groups excluding carboxylic acids is 3. The van der Waals surface area contributed by atoms with Gasteiger partial charge in [0, 0.05) is 31.3 Å². The Bertz CT molecular complexity index is 930. The molecule has 1 aromatic rings. The number of rotatable bonds is 16. The molecule has 0 saturated carbocycles. The average molecular weight is 512 g/mol. The average Bonchev–Trinajstić information content (AvgIpc) is 3.30. The molecule has 1 rings (SSSR count). The molecule has 200 valence electrons. The monoisotopic (exact) mass is 511 g/mol. The molecule has 1 aromatic heterocycles. The molecule has 16 nitrogen and oxygen atoms in total. The smallest absolute Gasteiger partial charge is 0.326 e. The molecule has 0 aliphatic rings. The highest BCUT2D eigenvalue weighted by molar-refractivity contribution is 5.94. The van der Waals surface area contributed by atoms with Crippen LogP contribution in [-0.4, -0.2) is 86.5 Å². The van der Waals surface area contributed by atoms with E-state index in [2.05, 4.69) is 30.9 Å². The number of aromatic nitrogens is 2. The van der Waals surface area contributed by atoms with E-state index in [9.17, 15) is 29.1 Å². The number of carboxylic acid groups (broad SMARTS) is 2. The molecule has 0 radical (unpaired) electrons. The van der Waals surface area contributed by atoms with Crippen LogP contribution >= 0.6 is 0 Å². The van der Waals surface area contributed by atoms with Crippen LogP contribution in [0, 0.1) is 0 Å². The molecular weight excluding hydrogens is 478 g/mol. The highest BCUT2D eigenvalue weighted by atomic mass is 16.4. The van der Waals surface area contributed by atoms with Crippen molar-refractivity contribution in [2.75, 3.05) is 6.54 Å². The highest BCUT2D eigenvalue weighted by Gasteiger charge is 2.30. The van der Waals surface area contributed by atoms with Gasteiger partial charge in [0.25, 0.3) is 0 Å². The molecule has 3 amide bonds. The van der Waals surface area contributed by atoms with Crippen LogP contribution in [-0.2, 0) is 30.4 Å². The first kappa shape index (κ1) is 29.8. The lowest BCUT2D eigenvalue weighted by Crippen LogP contribution is -2.57. The van der Waals surface area contributed by atoms with E-state index < -0.39 is 60.2 Å². The highest BCUT2D eigenvalue weighted by Crippen LogP contribution is 2.06. The minimum Gasteiger partial charge on any atom is -0.481 e. The molecule has 36 heavy (non-hydrogen) atoms. The number of carboxylic acids is 2. The lowest BCUT2D eigenvalue weighted by atomic mass is 10.1. The van der Waals surface area contributed by atoms with Crippen LogP contribution in [0.2, 0.25) is 0 Å². The second-order valence-corrected chi connectivity index (χ2v) is 7.97. The summed E-state index contributed by atoms with van der Waals surface area (Å²) in [5.74, 6) is -5.00. The minimum atomic E-state index is -1.30. The molecule has 0 spiro atoms. The Morgan fingerprint density at radius 2 is 1.61 bits per heavy atom. The van der Waals surface area contributed by atoms with Gasteiger partial charge in [0.1, 0.15) is 18.1 Å². The van der Waals surface area contributed by atoms with Gasteiger partial charge in [-0.2, -0.15) is 0 Å². The summed E-state index contributed by atoms with van der Waals surface area (Å²) in [7, 11) is 0. The number of hydrogen-bond donors (Lipinski definition) is 9. The second-order valence-electron chi connectivity index (χ2n) is 7.97. The zero-order chi connectivity index (χ0) is 27.3. The number of aromatic amines is 1. The topological polar surface area (TPSA) is 281 Å². The van der Waals surface area contributed by atoms with E-state index in [1.807, 2.05) is 0 Å². The van der Waals surface area contributed by atoms with E-state index in [1.54, 1.807) is 0 Å². The molecule has 0 saturated heterocycles. The number of imidazole rings is 1. The Hall–Kier alpha value is -4.21. The zero-order valence-electron chi connectivity index (χ0n) is 19.8. The van der Waals surface area contributed by atoms with Crippen LogP contribution in [0.4, 0.5) is 0 Å². The van der Waals surface area contributed by atoms with E-state index in [4.69, 9.17) is 22.3 Å². The van der Waals surface area contributed by atoms with E-state index >= 15 is 0 Å². The van der Waals surface area contributed by atoms with Gasteiger partial charge in [0.05, 0.1) is 12.4 Å². The van der Waals surface area contributed by atoms with Crippen LogP contribution in [0.5, 0.6) is 0 Å². The summed E-state index contributed by atoms with van der Waals surface area (Å²) in [6, 6.07) is -4.85. The fourth-order valence-electron chi connectivity index (χ4n) is 2.97. The van der Waals surface area contributed by atoms with Gasteiger partial charge in [-0.1, -0.05) is 0 Å². The van der Waals surface area contributed by atoms with E-state index in [1.165, 1.54) is 19.4 Å². The van der Waals surface area contributed by atoms with Gasteiger partial charge in [-0.3, -0.25) is 24.2 Å². The number of hydrogen-bond acceptors (Lipinski definition) is 8. The summed E-state index contributed by atoms with van der Waals surface area (Å²) in [5.41, 5.74) is 16.4. The SMILES string of the molecule is CC(N)C(=O)NC(CCC(=O)O)C(=O)NC(Cc1cnc[nH]1)C(=O)NC(CCCN=C(N)N)C(=O)O. The molecule has 12 N–H and O–H groups in total. The predicted octanol–water partition coefficient (Wildman–Crippen LogP) is -3.24. The Morgan fingerprint density at radius 1 is 1.00 bits per heavy atom. The lowest BCUT2D eigenvalue weighted by molar-refractivity contribution is -0.142. The number of nitrogens with two attached hydrogens (primary N) is 3. The molecular formula is C20H33N9O7. The van der Waals surface area contributed by atoms with Gasteiger partial charge in [-0.25, -0.2) is 9.78 Å². The number of H-pyrrole nitrogens is 1. The number of nitrogens with zero attached hydrogens (tertiary/aromatic N) is 2. The van der Waals surface area contributed by atoms with Crippen molar-refractivity contribution < 1.29 is 34.2 Å². The number of carbonyl (C=O) groups is 5. The van der Waals surface area contributed by atoms with Crippen molar-refractivity contribution in [2.45, 2.75) is 63.2 Å². The second kappa shape index (κ2) is 14.9. The third-order valence-corrected chi connectivity index (χ3v) is 4.87. The van der Waals surface area contributed by atoms with Crippen molar-refractivity contribution in [2.24, 2.45) is 22.2 Å². The third-order valence-electron chi connectivity index (χ3n) is 4.87. The molecule has 0 aromatic carbocycles. The number of amides is 3. The Morgan fingerprint density at radius 3 is 2.14 bits per heavy atom. The molecule has 4 unspecified atom stereocenters. The number of aliphatic imine (C=N–C) groups is 1. The minimum absolute atomic E-state index is 0.00819. The van der Waals surface area contributed by atoms with Gasteiger partial charge in [-0.05, 0) is 26.2 Å². The summed E-state index contributed by atoms with van der Waals surface area (Å²) in [6.07, 6.45) is 2.24. The van der Waals surface area contributed by atoms with Gasteiger partial charge in [0.2, 0.25) is 17.7 Å². The first-order chi connectivity index (χ1) is 16.9. The molecule has 0 fully saturated rings. The largest absolute Gasteiger partial charge is 0.481 e. The van der Waals surface area contributed by atoms with Crippen LogP contribution in [0.1, 0.15) is 38.3 Å². The first-order valence-corrected chi connectivity index (χ1v) is 11.0. The zero-order valence-corrected chi connectivity index (χ0v) is 19.8. The fraction of sp³-hybridized carbons (Fsp3) is 0.550. The predicted molar refractivity (Wildman–Crippen MR) is 126 cm³/mol. The summed E-state index contributed by atoms with van der Waals surface area (Å²) < 4.78 is 0. The summed E-state index contributed by atoms with van der Waals surface area (Å²) >= 11 is 0. The molecule has 0 bridgehead atoms. The molecule has 0 aliphatic carbocycles. The maximum Gasteiger partial charge on any atom is 0.326 e. The summed E-state index contributed by atoms with van der Waals surface area (Å²) in [6.45, 7) is 1.54. The van der Waals surface area contributed by atoms with Crippen molar-refractivity contribution in [3.8, 4) is 0 Å². The first-order valence-electron chi connectivity index (χ1n) is 11.0. The van der Waals surface area contributed by atoms with Crippen molar-refractivity contribution in [3.05, 3.63) is 18.2 Å².